The van der Waals surface area contributed by atoms with Crippen molar-refractivity contribution in [3.63, 3.8) is 0 Å². The van der Waals surface area contributed by atoms with Crippen LogP contribution in [-0.2, 0) is 24.8 Å². The summed E-state index contributed by atoms with van der Waals surface area (Å²) in [7, 11) is -6.10. The van der Waals surface area contributed by atoms with Crippen LogP contribution in [0.5, 0.6) is 0 Å². The first kappa shape index (κ1) is 19.4. The van der Waals surface area contributed by atoms with Crippen LogP contribution in [-0.4, -0.2) is 35.5 Å². The Hall–Kier alpha value is -2.39. The average molecular weight is 409 g/mol. The lowest BCUT2D eigenvalue weighted by atomic mass is 10.1. The fraction of sp³-hybridized carbons (Fsp3) is 0.278. The van der Waals surface area contributed by atoms with Gasteiger partial charge in [-0.1, -0.05) is 18.2 Å². The fourth-order valence-electron chi connectivity index (χ4n) is 3.23. The van der Waals surface area contributed by atoms with Crippen LogP contribution in [0.1, 0.15) is 17.5 Å². The summed E-state index contributed by atoms with van der Waals surface area (Å²) < 4.78 is 52.5. The van der Waals surface area contributed by atoms with Crippen LogP contribution in [0.15, 0.2) is 47.4 Å². The number of amides is 1. The summed E-state index contributed by atoms with van der Waals surface area (Å²) >= 11 is 0. The van der Waals surface area contributed by atoms with Crippen LogP contribution in [0.3, 0.4) is 0 Å². The van der Waals surface area contributed by atoms with E-state index >= 15 is 0 Å². The molecule has 0 atom stereocenters. The predicted molar refractivity (Wildman–Crippen MR) is 104 cm³/mol. The van der Waals surface area contributed by atoms with Gasteiger partial charge in [0.2, 0.25) is 15.9 Å². The molecule has 1 aliphatic heterocycles. The minimum Gasteiger partial charge on any atom is -0.273 e. The van der Waals surface area contributed by atoms with Crippen molar-refractivity contribution in [3.8, 4) is 0 Å². The number of carbonyl (C=O) groups is 1. The van der Waals surface area contributed by atoms with Gasteiger partial charge < -0.3 is 0 Å². The molecule has 2 aromatic rings. The highest BCUT2D eigenvalue weighted by Crippen LogP contribution is 2.33. The Labute approximate surface area is 159 Å². The van der Waals surface area contributed by atoms with Gasteiger partial charge in [0.25, 0.3) is 10.0 Å². The zero-order chi connectivity index (χ0) is 20.0. The number of para-hydroxylation sites is 1. The number of benzene rings is 2. The zero-order valence-electron chi connectivity index (χ0n) is 15.2. The second kappa shape index (κ2) is 6.65. The van der Waals surface area contributed by atoms with E-state index in [1.807, 2.05) is 0 Å². The Bertz CT molecular complexity index is 1090. The highest BCUT2D eigenvalue weighted by molar-refractivity contribution is 7.94. The molecule has 0 aromatic heterocycles. The van der Waals surface area contributed by atoms with Gasteiger partial charge in [-0.2, -0.15) is 0 Å². The van der Waals surface area contributed by atoms with Gasteiger partial charge in [-0.05, 0) is 49.2 Å². The maximum Gasteiger partial charge on any atom is 0.264 e. The second-order valence-corrected chi connectivity index (χ2v) is 10.3. The van der Waals surface area contributed by atoms with E-state index in [4.69, 9.17) is 0 Å². The van der Waals surface area contributed by atoms with Crippen molar-refractivity contribution in [1.82, 2.24) is 0 Å². The first-order valence-electron chi connectivity index (χ1n) is 8.27. The summed E-state index contributed by atoms with van der Waals surface area (Å²) in [5, 5.41) is 0. The molecule has 0 saturated carbocycles. The molecule has 1 aliphatic rings. The Morgan fingerprint density at radius 1 is 1.04 bits per heavy atom. The maximum absolute atomic E-state index is 13.1. The van der Waals surface area contributed by atoms with Gasteiger partial charge in [0.1, 0.15) is 0 Å². The summed E-state index contributed by atoms with van der Waals surface area (Å²) in [5.74, 6) is -0.744. The lowest BCUT2D eigenvalue weighted by Gasteiger charge is -2.23. The molecule has 1 heterocycles. The van der Waals surface area contributed by atoms with E-state index in [9.17, 15) is 21.6 Å². The number of rotatable bonds is 4. The van der Waals surface area contributed by atoms with Crippen molar-refractivity contribution in [2.45, 2.75) is 25.2 Å². The van der Waals surface area contributed by atoms with E-state index in [1.54, 1.807) is 44.2 Å². The molecule has 0 radical (unpaired) electrons. The molecule has 0 spiro atoms. The molecule has 9 heteroatoms. The van der Waals surface area contributed by atoms with Gasteiger partial charge in [0.15, 0.2) is 0 Å². The molecule has 7 nitrogen and oxygen atoms in total. The molecular weight excluding hydrogens is 388 g/mol. The van der Waals surface area contributed by atoms with E-state index in [1.165, 1.54) is 23.5 Å². The molecule has 0 bridgehead atoms. The van der Waals surface area contributed by atoms with Gasteiger partial charge in [0.05, 0.1) is 22.0 Å². The highest BCUT2D eigenvalue weighted by atomic mass is 32.2. The Kier molecular flexibility index (Phi) is 4.77. The van der Waals surface area contributed by atoms with Crippen molar-refractivity contribution < 1.29 is 21.6 Å². The normalized spacial score (nSPS) is 16.6. The number of anilines is 2. The first-order chi connectivity index (χ1) is 12.6. The molecule has 144 valence electrons. The SMILES string of the molecule is Cc1cc(N2C(=O)CCS2(=O)=O)cc(C)c1S(=O)(=O)N(C)c1ccccc1. The summed E-state index contributed by atoms with van der Waals surface area (Å²) in [4.78, 5) is 12.1. The predicted octanol–water partition coefficient (Wildman–Crippen LogP) is 2.20. The monoisotopic (exact) mass is 408 g/mol. The van der Waals surface area contributed by atoms with E-state index < -0.39 is 26.0 Å². The van der Waals surface area contributed by atoms with E-state index in [0.717, 1.165) is 4.31 Å². The molecular formula is C18H20N2O5S2. The first-order valence-corrected chi connectivity index (χ1v) is 11.3. The second-order valence-electron chi connectivity index (χ2n) is 6.44. The molecule has 1 amide bonds. The Morgan fingerprint density at radius 3 is 2.07 bits per heavy atom. The number of hydrogen-bond donors (Lipinski definition) is 0. The minimum atomic E-state index is -3.86. The van der Waals surface area contributed by atoms with Crippen molar-refractivity contribution in [2.75, 3.05) is 21.4 Å². The smallest absolute Gasteiger partial charge is 0.264 e. The van der Waals surface area contributed by atoms with Gasteiger partial charge in [0, 0.05) is 13.5 Å². The Balaban J connectivity index is 2.10. The zero-order valence-corrected chi connectivity index (χ0v) is 16.8. The molecule has 1 fully saturated rings. The van der Waals surface area contributed by atoms with Crippen LogP contribution in [0, 0.1) is 13.8 Å². The highest BCUT2D eigenvalue weighted by Gasteiger charge is 2.37. The number of aryl methyl sites for hydroxylation is 2. The number of nitrogens with zero attached hydrogens (tertiary/aromatic N) is 2. The van der Waals surface area contributed by atoms with Crippen LogP contribution in [0.25, 0.3) is 0 Å². The quantitative estimate of drug-likeness (QED) is 0.773. The lowest BCUT2D eigenvalue weighted by molar-refractivity contribution is -0.116. The summed E-state index contributed by atoms with van der Waals surface area (Å²) in [6, 6.07) is 11.5. The van der Waals surface area contributed by atoms with E-state index in [2.05, 4.69) is 0 Å². The summed E-state index contributed by atoms with van der Waals surface area (Å²) in [6.07, 6.45) is -0.0722. The van der Waals surface area contributed by atoms with Crippen molar-refractivity contribution in [1.29, 1.82) is 0 Å². The molecule has 2 aromatic carbocycles. The molecule has 0 unspecified atom stereocenters. The maximum atomic E-state index is 13.1. The van der Waals surface area contributed by atoms with Crippen LogP contribution in [0.2, 0.25) is 0 Å². The van der Waals surface area contributed by atoms with Crippen LogP contribution >= 0.6 is 0 Å². The third kappa shape index (κ3) is 3.32. The number of carbonyl (C=O) groups excluding carboxylic acids is 1. The number of sulfonamides is 2. The largest absolute Gasteiger partial charge is 0.273 e. The fourth-order valence-corrected chi connectivity index (χ4v) is 6.28. The molecule has 1 saturated heterocycles. The minimum absolute atomic E-state index is 0.0722. The van der Waals surface area contributed by atoms with Crippen molar-refractivity contribution in [2.24, 2.45) is 0 Å². The van der Waals surface area contributed by atoms with Gasteiger partial charge in [-0.15, -0.1) is 0 Å². The third-order valence-electron chi connectivity index (χ3n) is 4.50. The van der Waals surface area contributed by atoms with E-state index in [-0.39, 0.29) is 22.8 Å². The van der Waals surface area contributed by atoms with Crippen molar-refractivity contribution >= 4 is 37.3 Å². The lowest BCUT2D eigenvalue weighted by Crippen LogP contribution is -2.30. The van der Waals surface area contributed by atoms with E-state index in [0.29, 0.717) is 16.8 Å². The standard InChI is InChI=1S/C18H20N2O5S2/c1-13-11-16(20-17(21)9-10-26(20,22)23)12-14(2)18(13)27(24,25)19(3)15-7-5-4-6-8-15/h4-8,11-12H,9-10H2,1-3H3. The molecule has 0 aliphatic carbocycles. The molecule has 0 N–H and O–H groups in total. The van der Waals surface area contributed by atoms with Crippen molar-refractivity contribution in [3.05, 3.63) is 53.6 Å². The van der Waals surface area contributed by atoms with Crippen LogP contribution in [0.4, 0.5) is 11.4 Å². The van der Waals surface area contributed by atoms with Gasteiger partial charge in [-0.25, -0.2) is 21.1 Å². The average Bonchev–Trinajstić information content (AvgIpc) is 2.86. The summed E-state index contributed by atoms with van der Waals surface area (Å²) in [6.45, 7) is 3.19. The Morgan fingerprint density at radius 2 is 1.59 bits per heavy atom. The molecule has 27 heavy (non-hydrogen) atoms. The number of hydrogen-bond acceptors (Lipinski definition) is 5. The summed E-state index contributed by atoms with van der Waals surface area (Å²) in [5.41, 5.74) is 1.44. The van der Waals surface area contributed by atoms with Gasteiger partial charge >= 0.3 is 0 Å². The molecule has 3 rings (SSSR count). The third-order valence-corrected chi connectivity index (χ3v) is 8.28. The van der Waals surface area contributed by atoms with Crippen LogP contribution < -0.4 is 8.61 Å². The topological polar surface area (TPSA) is 91.8 Å². The van der Waals surface area contributed by atoms with Gasteiger partial charge in [-0.3, -0.25) is 9.10 Å².